The Morgan fingerprint density at radius 1 is 1.10 bits per heavy atom. The zero-order chi connectivity index (χ0) is 27.6. The summed E-state index contributed by atoms with van der Waals surface area (Å²) in [7, 11) is 3.96. The fourth-order valence-corrected chi connectivity index (χ4v) is 5.22. The highest BCUT2D eigenvalue weighted by molar-refractivity contribution is 6.30. The van der Waals surface area contributed by atoms with Crippen LogP contribution >= 0.6 is 11.6 Å². The third-order valence-electron chi connectivity index (χ3n) is 7.07. The molecule has 1 saturated heterocycles. The Morgan fingerprint density at radius 2 is 1.79 bits per heavy atom. The van der Waals surface area contributed by atoms with Crippen LogP contribution in [0.2, 0.25) is 5.02 Å². The number of piperidine rings is 1. The smallest absolute Gasteiger partial charge is 0.251 e. The third-order valence-corrected chi connectivity index (χ3v) is 7.33. The van der Waals surface area contributed by atoms with E-state index in [4.69, 9.17) is 16.6 Å². The number of amides is 1. The summed E-state index contributed by atoms with van der Waals surface area (Å²) in [6.07, 6.45) is 3.07. The minimum Gasteiger partial charge on any atom is -0.385 e. The van der Waals surface area contributed by atoms with Crippen LogP contribution in [-0.4, -0.2) is 70.3 Å². The number of hydrogen-bond donors (Lipinski definition) is 3. The lowest BCUT2D eigenvalue weighted by atomic mass is 9.84. The molecule has 4 aromatic rings. The van der Waals surface area contributed by atoms with Gasteiger partial charge in [0.15, 0.2) is 5.65 Å². The summed E-state index contributed by atoms with van der Waals surface area (Å²) in [4.78, 5) is 21.6. The normalized spacial score (nSPS) is 15.9. The molecule has 3 heterocycles. The van der Waals surface area contributed by atoms with Gasteiger partial charge in [-0.1, -0.05) is 23.7 Å². The van der Waals surface area contributed by atoms with E-state index in [-0.39, 0.29) is 11.9 Å². The minimum atomic E-state index is -0.875. The van der Waals surface area contributed by atoms with Gasteiger partial charge in [0.25, 0.3) is 5.91 Å². The fourth-order valence-electron chi connectivity index (χ4n) is 5.09. The van der Waals surface area contributed by atoms with Crippen LogP contribution in [-0.2, 0) is 5.60 Å². The van der Waals surface area contributed by atoms with Gasteiger partial charge in [0.05, 0.1) is 11.3 Å². The molecule has 10 heteroatoms. The molecule has 39 heavy (non-hydrogen) atoms. The third kappa shape index (κ3) is 6.16. The lowest BCUT2D eigenvalue weighted by Gasteiger charge is -2.39. The van der Waals surface area contributed by atoms with Crippen LogP contribution in [0.5, 0.6) is 0 Å². The number of benzene rings is 2. The van der Waals surface area contributed by atoms with Gasteiger partial charge in [0, 0.05) is 48.1 Å². The number of rotatable bonds is 8. The second-order valence-corrected chi connectivity index (χ2v) is 10.9. The number of aromatic nitrogens is 3. The predicted molar refractivity (Wildman–Crippen MR) is 155 cm³/mol. The maximum Gasteiger partial charge on any atom is 0.251 e. The second-order valence-electron chi connectivity index (χ2n) is 10.5. The molecule has 9 nitrogen and oxygen atoms in total. The minimum absolute atomic E-state index is 0.0489. The SMILES string of the molecule is CC(CN(C)C)NC(=O)c1ccc(Nc2nc3c(N4CCC(O)(c5ccc(Cl)cc5)CC4)cccn3n2)cc1. The molecule has 1 unspecified atom stereocenters. The summed E-state index contributed by atoms with van der Waals surface area (Å²) in [5.41, 5.74) is 3.11. The van der Waals surface area contributed by atoms with E-state index in [1.54, 1.807) is 16.6 Å². The largest absolute Gasteiger partial charge is 0.385 e. The van der Waals surface area contributed by atoms with E-state index in [9.17, 15) is 9.90 Å². The zero-order valence-corrected chi connectivity index (χ0v) is 23.2. The van der Waals surface area contributed by atoms with Crippen molar-refractivity contribution in [1.82, 2.24) is 24.8 Å². The van der Waals surface area contributed by atoms with Crippen molar-refractivity contribution in [3.8, 4) is 0 Å². The molecule has 1 aliphatic heterocycles. The summed E-state index contributed by atoms with van der Waals surface area (Å²) in [5.74, 6) is 0.366. The number of hydrogen-bond acceptors (Lipinski definition) is 7. The van der Waals surface area contributed by atoms with Gasteiger partial charge in [-0.3, -0.25) is 4.79 Å². The first kappa shape index (κ1) is 26.9. The van der Waals surface area contributed by atoms with E-state index in [0.29, 0.717) is 42.5 Å². The summed E-state index contributed by atoms with van der Waals surface area (Å²) < 4.78 is 1.76. The van der Waals surface area contributed by atoms with Gasteiger partial charge >= 0.3 is 0 Å². The molecule has 5 rings (SSSR count). The van der Waals surface area contributed by atoms with Gasteiger partial charge in [0.1, 0.15) is 0 Å². The van der Waals surface area contributed by atoms with Crippen LogP contribution in [0.4, 0.5) is 17.3 Å². The number of aliphatic hydroxyl groups is 1. The fraction of sp³-hybridized carbons (Fsp3) is 0.345. The van der Waals surface area contributed by atoms with Crippen molar-refractivity contribution in [3.63, 3.8) is 0 Å². The molecule has 1 fully saturated rings. The quantitative estimate of drug-likeness (QED) is 0.303. The van der Waals surface area contributed by atoms with Gasteiger partial charge in [0.2, 0.25) is 5.95 Å². The van der Waals surface area contributed by atoms with E-state index < -0.39 is 5.60 Å². The molecule has 0 saturated carbocycles. The highest BCUT2D eigenvalue weighted by Crippen LogP contribution is 2.36. The van der Waals surface area contributed by atoms with Crippen LogP contribution < -0.4 is 15.5 Å². The predicted octanol–water partition coefficient (Wildman–Crippen LogP) is 4.29. The monoisotopic (exact) mass is 547 g/mol. The molecular weight excluding hydrogens is 514 g/mol. The Morgan fingerprint density at radius 3 is 2.46 bits per heavy atom. The van der Waals surface area contributed by atoms with Crippen molar-refractivity contribution in [2.45, 2.75) is 31.4 Å². The van der Waals surface area contributed by atoms with Crippen molar-refractivity contribution >= 4 is 40.5 Å². The molecule has 0 aliphatic carbocycles. The highest BCUT2D eigenvalue weighted by atomic mass is 35.5. The highest BCUT2D eigenvalue weighted by Gasteiger charge is 2.34. The molecule has 204 valence electrons. The van der Waals surface area contributed by atoms with E-state index in [2.05, 4.69) is 20.6 Å². The van der Waals surface area contributed by atoms with Crippen molar-refractivity contribution in [1.29, 1.82) is 0 Å². The maximum atomic E-state index is 12.5. The Balaban J connectivity index is 1.26. The van der Waals surface area contributed by atoms with Gasteiger partial charge < -0.3 is 25.5 Å². The van der Waals surface area contributed by atoms with Crippen LogP contribution in [0.15, 0.2) is 66.9 Å². The average Bonchev–Trinajstić information content (AvgIpc) is 3.32. The standard InChI is InChI=1S/C29H34ClN7O2/c1-20(19-35(2)3)31-27(38)21-6-12-24(13-7-21)32-28-33-26-25(5-4-16-37(26)34-28)36-17-14-29(39,15-18-36)22-8-10-23(30)11-9-22/h4-13,16,20,39H,14-15,17-19H2,1-3H3,(H,31,38)(H,32,34). The lowest BCUT2D eigenvalue weighted by molar-refractivity contribution is 0.0118. The Hall–Kier alpha value is -3.66. The number of carbonyl (C=O) groups excluding carboxylic acids is 1. The molecule has 0 spiro atoms. The molecule has 2 aromatic heterocycles. The Kier molecular flexibility index (Phi) is 7.74. The van der Waals surface area contributed by atoms with Crippen LogP contribution in [0.25, 0.3) is 5.65 Å². The van der Waals surface area contributed by atoms with Crippen molar-refractivity contribution in [3.05, 3.63) is 83.0 Å². The van der Waals surface area contributed by atoms with E-state index in [0.717, 1.165) is 29.1 Å². The number of carbonyl (C=O) groups is 1. The van der Waals surface area contributed by atoms with Crippen molar-refractivity contribution < 1.29 is 9.90 Å². The molecule has 1 amide bonds. The van der Waals surface area contributed by atoms with E-state index in [1.165, 1.54) is 0 Å². The second kappa shape index (κ2) is 11.2. The van der Waals surface area contributed by atoms with Crippen molar-refractivity contribution in [2.24, 2.45) is 0 Å². The van der Waals surface area contributed by atoms with Gasteiger partial charge in [-0.15, -0.1) is 5.10 Å². The lowest BCUT2D eigenvalue weighted by Crippen LogP contribution is -2.42. The zero-order valence-electron chi connectivity index (χ0n) is 22.4. The molecule has 0 bridgehead atoms. The van der Waals surface area contributed by atoms with Crippen molar-refractivity contribution in [2.75, 3.05) is 43.9 Å². The molecule has 2 aromatic carbocycles. The summed E-state index contributed by atoms with van der Waals surface area (Å²) in [6.45, 7) is 4.13. The summed E-state index contributed by atoms with van der Waals surface area (Å²) >= 11 is 6.03. The molecule has 0 radical (unpaired) electrons. The average molecular weight is 548 g/mol. The number of pyridine rings is 1. The number of anilines is 3. The van der Waals surface area contributed by atoms with Gasteiger partial charge in [-0.2, -0.15) is 4.98 Å². The van der Waals surface area contributed by atoms with E-state index in [1.807, 2.05) is 80.6 Å². The first-order valence-corrected chi connectivity index (χ1v) is 13.5. The van der Waals surface area contributed by atoms with Gasteiger partial charge in [-0.25, -0.2) is 4.52 Å². The van der Waals surface area contributed by atoms with Crippen LogP contribution in [0.3, 0.4) is 0 Å². The topological polar surface area (TPSA) is 98.0 Å². The number of nitrogens with one attached hydrogen (secondary N) is 2. The summed E-state index contributed by atoms with van der Waals surface area (Å²) in [6, 6.07) is 18.8. The van der Waals surface area contributed by atoms with E-state index >= 15 is 0 Å². The Labute approximate surface area is 233 Å². The molecule has 1 atom stereocenters. The first-order chi connectivity index (χ1) is 18.7. The summed E-state index contributed by atoms with van der Waals surface area (Å²) in [5, 5.41) is 22.8. The number of halogens is 1. The van der Waals surface area contributed by atoms with Crippen LogP contribution in [0.1, 0.15) is 35.7 Å². The molecule has 1 aliphatic rings. The Bertz CT molecular complexity index is 1430. The molecular formula is C29H34ClN7O2. The maximum absolute atomic E-state index is 12.5. The van der Waals surface area contributed by atoms with Crippen LogP contribution in [0, 0.1) is 0 Å². The van der Waals surface area contributed by atoms with Gasteiger partial charge in [-0.05, 0) is 88.0 Å². The molecule has 3 N–H and O–H groups in total. The number of fused-ring (bicyclic) bond motifs is 1. The first-order valence-electron chi connectivity index (χ1n) is 13.1. The number of likely N-dealkylation sites (N-methyl/N-ethyl adjacent to an activating group) is 1. The number of nitrogens with zero attached hydrogens (tertiary/aromatic N) is 5.